The van der Waals surface area contributed by atoms with Crippen LogP contribution in [0.15, 0.2) is 42.5 Å². The van der Waals surface area contributed by atoms with Crippen molar-refractivity contribution >= 4 is 17.5 Å². The summed E-state index contributed by atoms with van der Waals surface area (Å²) in [4.78, 5) is 26.7. The number of ether oxygens (including phenoxy) is 1. The molecular weight excluding hydrogens is 304 g/mol. The third-order valence-electron chi connectivity index (χ3n) is 4.04. The van der Waals surface area contributed by atoms with E-state index < -0.39 is 0 Å². The van der Waals surface area contributed by atoms with Crippen LogP contribution >= 0.6 is 0 Å². The molecule has 2 aromatic rings. The van der Waals surface area contributed by atoms with E-state index >= 15 is 0 Å². The van der Waals surface area contributed by atoms with Gasteiger partial charge in [-0.2, -0.15) is 0 Å². The second-order valence-electron chi connectivity index (χ2n) is 5.77. The average Bonchev–Trinajstić information content (AvgIpc) is 2.74. The fourth-order valence-electron chi connectivity index (χ4n) is 2.73. The van der Waals surface area contributed by atoms with Gasteiger partial charge in [0.15, 0.2) is 0 Å². The summed E-state index contributed by atoms with van der Waals surface area (Å²) >= 11 is 0. The van der Waals surface area contributed by atoms with Crippen molar-refractivity contribution < 1.29 is 14.3 Å². The third-order valence-corrected chi connectivity index (χ3v) is 4.04. The number of benzene rings is 2. The van der Waals surface area contributed by atoms with Gasteiger partial charge in [0.2, 0.25) is 0 Å². The van der Waals surface area contributed by atoms with Gasteiger partial charge in [0.25, 0.3) is 11.8 Å². The first-order valence-corrected chi connectivity index (χ1v) is 8.02. The molecule has 1 N–H and O–H groups in total. The molecule has 0 aliphatic carbocycles. The molecule has 0 spiro atoms. The van der Waals surface area contributed by atoms with E-state index in [0.717, 1.165) is 5.56 Å². The second-order valence-corrected chi connectivity index (χ2v) is 5.77. The van der Waals surface area contributed by atoms with Crippen molar-refractivity contribution in [1.82, 2.24) is 4.90 Å². The number of carbonyl (C=O) groups excluding carboxylic acids is 2. The smallest absolute Gasteiger partial charge is 0.257 e. The first-order chi connectivity index (χ1) is 11.6. The maximum atomic E-state index is 12.6. The molecule has 0 aromatic heterocycles. The Balaban J connectivity index is 1.86. The van der Waals surface area contributed by atoms with Crippen LogP contribution in [0.4, 0.5) is 5.69 Å². The SMILES string of the molecule is CCN1CCOc2ccc(NC(=O)c3cccc(C)c3)cc2C1=O. The Bertz CT molecular complexity index is 786. The van der Waals surface area contributed by atoms with Crippen LogP contribution in [0.2, 0.25) is 0 Å². The lowest BCUT2D eigenvalue weighted by atomic mass is 10.1. The van der Waals surface area contributed by atoms with Crippen molar-refractivity contribution in [2.24, 2.45) is 0 Å². The Hall–Kier alpha value is -2.82. The zero-order valence-corrected chi connectivity index (χ0v) is 13.8. The number of nitrogens with zero attached hydrogens (tertiary/aromatic N) is 1. The van der Waals surface area contributed by atoms with Crippen LogP contribution < -0.4 is 10.1 Å². The molecule has 0 fully saturated rings. The molecule has 1 heterocycles. The summed E-state index contributed by atoms with van der Waals surface area (Å²) in [6.07, 6.45) is 0. The zero-order chi connectivity index (χ0) is 17.1. The van der Waals surface area contributed by atoms with Crippen molar-refractivity contribution in [3.05, 3.63) is 59.2 Å². The minimum atomic E-state index is -0.201. The van der Waals surface area contributed by atoms with Crippen LogP contribution in [-0.2, 0) is 0 Å². The van der Waals surface area contributed by atoms with E-state index in [-0.39, 0.29) is 11.8 Å². The summed E-state index contributed by atoms with van der Waals surface area (Å²) in [5.41, 5.74) is 2.67. The maximum Gasteiger partial charge on any atom is 0.257 e. The molecule has 24 heavy (non-hydrogen) atoms. The summed E-state index contributed by atoms with van der Waals surface area (Å²) in [5.74, 6) is 0.286. The first kappa shape index (κ1) is 16.1. The summed E-state index contributed by atoms with van der Waals surface area (Å²) in [7, 11) is 0. The minimum Gasteiger partial charge on any atom is -0.491 e. The Morgan fingerprint density at radius 2 is 2.08 bits per heavy atom. The Morgan fingerprint density at radius 3 is 2.83 bits per heavy atom. The number of rotatable bonds is 3. The van der Waals surface area contributed by atoms with Gasteiger partial charge in [-0.1, -0.05) is 17.7 Å². The fraction of sp³-hybridized carbons (Fsp3) is 0.263. The molecule has 5 heteroatoms. The van der Waals surface area contributed by atoms with Crippen LogP contribution in [0.5, 0.6) is 5.75 Å². The largest absolute Gasteiger partial charge is 0.491 e. The standard InChI is InChI=1S/C19H20N2O3/c1-3-21-9-10-24-17-8-7-15(12-16(17)19(21)23)20-18(22)14-6-4-5-13(2)11-14/h4-8,11-12H,3,9-10H2,1-2H3,(H,20,22). The molecule has 0 saturated heterocycles. The van der Waals surface area contributed by atoms with Gasteiger partial charge in [0.05, 0.1) is 12.1 Å². The average molecular weight is 324 g/mol. The summed E-state index contributed by atoms with van der Waals surface area (Å²) < 4.78 is 5.64. The zero-order valence-electron chi connectivity index (χ0n) is 13.8. The highest BCUT2D eigenvalue weighted by Crippen LogP contribution is 2.26. The van der Waals surface area contributed by atoms with Crippen molar-refractivity contribution in [3.63, 3.8) is 0 Å². The van der Waals surface area contributed by atoms with Gasteiger partial charge in [-0.15, -0.1) is 0 Å². The van der Waals surface area contributed by atoms with Crippen LogP contribution in [0.25, 0.3) is 0 Å². The van der Waals surface area contributed by atoms with E-state index in [2.05, 4.69) is 5.32 Å². The number of aryl methyl sites for hydroxylation is 1. The van der Waals surface area contributed by atoms with Crippen molar-refractivity contribution in [1.29, 1.82) is 0 Å². The van der Waals surface area contributed by atoms with Crippen molar-refractivity contribution in [2.45, 2.75) is 13.8 Å². The van der Waals surface area contributed by atoms with Gasteiger partial charge in [0.1, 0.15) is 12.4 Å². The molecule has 0 bridgehead atoms. The lowest BCUT2D eigenvalue weighted by Crippen LogP contribution is -2.32. The van der Waals surface area contributed by atoms with E-state index in [9.17, 15) is 9.59 Å². The molecule has 2 aromatic carbocycles. The van der Waals surface area contributed by atoms with Crippen molar-refractivity contribution in [2.75, 3.05) is 25.0 Å². The number of carbonyl (C=O) groups is 2. The summed E-state index contributed by atoms with van der Waals surface area (Å²) in [5, 5.41) is 2.84. The minimum absolute atomic E-state index is 0.0725. The normalized spacial score (nSPS) is 13.8. The Kier molecular flexibility index (Phi) is 4.51. The number of nitrogens with one attached hydrogen (secondary N) is 1. The van der Waals surface area contributed by atoms with E-state index in [1.807, 2.05) is 32.0 Å². The van der Waals surface area contributed by atoms with Gasteiger partial charge < -0.3 is 15.0 Å². The highest BCUT2D eigenvalue weighted by Gasteiger charge is 2.23. The number of hydrogen-bond donors (Lipinski definition) is 1. The number of hydrogen-bond acceptors (Lipinski definition) is 3. The highest BCUT2D eigenvalue weighted by atomic mass is 16.5. The number of fused-ring (bicyclic) bond motifs is 1. The number of amides is 2. The quantitative estimate of drug-likeness (QED) is 0.944. The van der Waals surface area contributed by atoms with Gasteiger partial charge in [0, 0.05) is 17.8 Å². The second kappa shape index (κ2) is 6.74. The molecule has 5 nitrogen and oxygen atoms in total. The fourth-order valence-corrected chi connectivity index (χ4v) is 2.73. The third kappa shape index (κ3) is 3.25. The summed E-state index contributed by atoms with van der Waals surface area (Å²) in [6.45, 7) is 5.54. The van der Waals surface area contributed by atoms with Crippen LogP contribution in [-0.4, -0.2) is 36.4 Å². The molecule has 124 valence electrons. The molecule has 1 aliphatic heterocycles. The number of likely N-dealkylation sites (N-methyl/N-ethyl adjacent to an activating group) is 1. The van der Waals surface area contributed by atoms with Gasteiger partial charge in [-0.05, 0) is 44.2 Å². The monoisotopic (exact) mass is 324 g/mol. The molecule has 0 radical (unpaired) electrons. The molecule has 3 rings (SSSR count). The number of anilines is 1. The molecule has 0 unspecified atom stereocenters. The Labute approximate surface area is 141 Å². The topological polar surface area (TPSA) is 58.6 Å². The first-order valence-electron chi connectivity index (χ1n) is 8.02. The lowest BCUT2D eigenvalue weighted by Gasteiger charge is -2.17. The predicted octanol–water partition coefficient (Wildman–Crippen LogP) is 3.10. The van der Waals surface area contributed by atoms with E-state index in [1.54, 1.807) is 29.2 Å². The van der Waals surface area contributed by atoms with Gasteiger partial charge in [-0.25, -0.2) is 0 Å². The highest BCUT2D eigenvalue weighted by molar-refractivity contribution is 6.05. The molecule has 0 saturated carbocycles. The summed E-state index contributed by atoms with van der Waals surface area (Å²) in [6, 6.07) is 12.5. The predicted molar refractivity (Wildman–Crippen MR) is 92.6 cm³/mol. The molecular formula is C19H20N2O3. The Morgan fingerprint density at radius 1 is 1.25 bits per heavy atom. The molecule has 1 aliphatic rings. The van der Waals surface area contributed by atoms with E-state index in [1.165, 1.54) is 0 Å². The van der Waals surface area contributed by atoms with Gasteiger partial charge in [-0.3, -0.25) is 9.59 Å². The molecule has 0 atom stereocenters. The molecule has 2 amide bonds. The van der Waals surface area contributed by atoms with Crippen molar-refractivity contribution in [3.8, 4) is 5.75 Å². The van der Waals surface area contributed by atoms with Gasteiger partial charge >= 0.3 is 0 Å². The van der Waals surface area contributed by atoms with Crippen LogP contribution in [0.1, 0.15) is 33.2 Å². The maximum absolute atomic E-state index is 12.6. The van der Waals surface area contributed by atoms with E-state index in [0.29, 0.717) is 42.3 Å². The van der Waals surface area contributed by atoms with E-state index in [4.69, 9.17) is 4.74 Å². The van der Waals surface area contributed by atoms with Crippen LogP contribution in [0.3, 0.4) is 0 Å². The lowest BCUT2D eigenvalue weighted by molar-refractivity contribution is 0.0764. The van der Waals surface area contributed by atoms with Crippen LogP contribution in [0, 0.1) is 6.92 Å².